The van der Waals surface area contributed by atoms with Crippen LogP contribution in [0.15, 0.2) is 16.5 Å². The van der Waals surface area contributed by atoms with Gasteiger partial charge in [0.25, 0.3) is 5.91 Å². The Morgan fingerprint density at radius 3 is 2.56 bits per heavy atom. The quantitative estimate of drug-likeness (QED) is 0.866. The van der Waals surface area contributed by atoms with Crippen LogP contribution in [0, 0.1) is 5.92 Å². The Balaban J connectivity index is 2.61. The molecular weight excluding hydrogens is 252 g/mol. The Hall–Kier alpha value is -1.00. The molecule has 102 valence electrons. The van der Waals surface area contributed by atoms with Gasteiger partial charge in [0.05, 0.1) is 0 Å². The van der Waals surface area contributed by atoms with Gasteiger partial charge < -0.3 is 14.6 Å². The van der Waals surface area contributed by atoms with Gasteiger partial charge in [0.2, 0.25) is 0 Å². The van der Waals surface area contributed by atoms with Crippen molar-refractivity contribution in [1.29, 1.82) is 0 Å². The number of nitrogens with one attached hydrogen (secondary N) is 1. The van der Waals surface area contributed by atoms with Crippen LogP contribution in [0.25, 0.3) is 0 Å². The molecule has 1 amide bonds. The molecule has 4 nitrogen and oxygen atoms in total. The SMILES string of the molecule is CC(C)CC(CN(C)C)NC(=O)c1ccc(Cl)o1. The van der Waals surface area contributed by atoms with E-state index in [-0.39, 0.29) is 22.9 Å². The van der Waals surface area contributed by atoms with E-state index in [1.807, 2.05) is 14.1 Å². The van der Waals surface area contributed by atoms with Crippen molar-refractivity contribution in [3.63, 3.8) is 0 Å². The lowest BCUT2D eigenvalue weighted by Crippen LogP contribution is -2.42. The van der Waals surface area contributed by atoms with E-state index in [2.05, 4.69) is 24.1 Å². The Bertz CT molecular complexity index is 378. The second-order valence-corrected chi connectivity index (χ2v) is 5.54. The number of hydrogen-bond donors (Lipinski definition) is 1. The average Bonchev–Trinajstić information content (AvgIpc) is 2.62. The molecule has 0 radical (unpaired) electrons. The van der Waals surface area contributed by atoms with E-state index in [9.17, 15) is 4.79 Å². The highest BCUT2D eigenvalue weighted by atomic mass is 35.5. The van der Waals surface area contributed by atoms with Crippen LogP contribution < -0.4 is 5.32 Å². The highest BCUT2D eigenvalue weighted by molar-refractivity contribution is 6.29. The largest absolute Gasteiger partial charge is 0.440 e. The number of likely N-dealkylation sites (N-methyl/N-ethyl adjacent to an activating group) is 1. The van der Waals surface area contributed by atoms with E-state index >= 15 is 0 Å². The number of nitrogens with zero attached hydrogens (tertiary/aromatic N) is 1. The molecule has 5 heteroatoms. The summed E-state index contributed by atoms with van der Waals surface area (Å²) >= 11 is 5.65. The molecule has 1 unspecified atom stereocenters. The number of halogens is 1. The molecule has 0 aromatic carbocycles. The average molecular weight is 273 g/mol. The van der Waals surface area contributed by atoms with Crippen LogP contribution in [0.2, 0.25) is 5.22 Å². The minimum Gasteiger partial charge on any atom is -0.440 e. The first-order valence-corrected chi connectivity index (χ1v) is 6.47. The summed E-state index contributed by atoms with van der Waals surface area (Å²) in [6.07, 6.45) is 0.929. The number of rotatable bonds is 6. The van der Waals surface area contributed by atoms with Crippen LogP contribution in [-0.4, -0.2) is 37.5 Å². The van der Waals surface area contributed by atoms with Crippen LogP contribution in [0.5, 0.6) is 0 Å². The maximum atomic E-state index is 11.9. The molecule has 1 aromatic heterocycles. The molecule has 0 aliphatic heterocycles. The first-order chi connectivity index (χ1) is 8.38. The van der Waals surface area contributed by atoms with E-state index in [0.29, 0.717) is 5.92 Å². The first-order valence-electron chi connectivity index (χ1n) is 6.09. The van der Waals surface area contributed by atoms with E-state index < -0.39 is 0 Å². The summed E-state index contributed by atoms with van der Waals surface area (Å²) in [7, 11) is 3.98. The second kappa shape index (κ2) is 6.81. The zero-order chi connectivity index (χ0) is 13.7. The maximum Gasteiger partial charge on any atom is 0.287 e. The fourth-order valence-corrected chi connectivity index (χ4v) is 2.03. The number of furan rings is 1. The Morgan fingerprint density at radius 2 is 2.11 bits per heavy atom. The molecule has 1 atom stereocenters. The highest BCUT2D eigenvalue weighted by Gasteiger charge is 2.18. The standard InChI is InChI=1S/C13H21ClN2O2/c1-9(2)7-10(8-16(3)4)15-13(17)11-5-6-12(14)18-11/h5-6,9-10H,7-8H2,1-4H3,(H,15,17). The predicted octanol–water partition coefficient (Wildman–Crippen LogP) is 2.64. The molecule has 18 heavy (non-hydrogen) atoms. The molecule has 1 aromatic rings. The van der Waals surface area contributed by atoms with E-state index in [0.717, 1.165) is 13.0 Å². The van der Waals surface area contributed by atoms with Gasteiger partial charge in [-0.05, 0) is 50.2 Å². The minimum atomic E-state index is -0.214. The Kier molecular flexibility index (Phi) is 5.69. The molecule has 0 saturated heterocycles. The van der Waals surface area contributed by atoms with Crippen molar-refractivity contribution in [2.24, 2.45) is 5.92 Å². The smallest absolute Gasteiger partial charge is 0.287 e. The molecule has 0 aliphatic rings. The fraction of sp³-hybridized carbons (Fsp3) is 0.615. The zero-order valence-electron chi connectivity index (χ0n) is 11.4. The lowest BCUT2D eigenvalue weighted by molar-refractivity contribution is 0.0896. The molecule has 0 aliphatic carbocycles. The summed E-state index contributed by atoms with van der Waals surface area (Å²) in [5, 5.41) is 3.21. The molecule has 1 N–H and O–H groups in total. The Morgan fingerprint density at radius 1 is 1.44 bits per heavy atom. The molecule has 1 heterocycles. The first kappa shape index (κ1) is 15.1. The van der Waals surface area contributed by atoms with Crippen molar-refractivity contribution in [1.82, 2.24) is 10.2 Å². The summed E-state index contributed by atoms with van der Waals surface area (Å²) in [4.78, 5) is 14.0. The maximum absolute atomic E-state index is 11.9. The summed E-state index contributed by atoms with van der Waals surface area (Å²) < 4.78 is 5.10. The van der Waals surface area contributed by atoms with Crippen LogP contribution in [0.3, 0.4) is 0 Å². The third-order valence-electron chi connectivity index (χ3n) is 2.47. The van der Waals surface area contributed by atoms with Crippen LogP contribution in [-0.2, 0) is 0 Å². The molecule has 0 spiro atoms. The summed E-state index contributed by atoms with van der Waals surface area (Å²) in [6, 6.07) is 3.26. The molecule has 0 saturated carbocycles. The van der Waals surface area contributed by atoms with Gasteiger partial charge in [-0.25, -0.2) is 0 Å². The van der Waals surface area contributed by atoms with Gasteiger partial charge in [0.15, 0.2) is 11.0 Å². The predicted molar refractivity (Wildman–Crippen MR) is 73.0 cm³/mol. The van der Waals surface area contributed by atoms with Crippen molar-refractivity contribution < 1.29 is 9.21 Å². The third kappa shape index (κ3) is 5.10. The van der Waals surface area contributed by atoms with Crippen LogP contribution in [0.4, 0.5) is 0 Å². The van der Waals surface area contributed by atoms with Gasteiger partial charge >= 0.3 is 0 Å². The number of hydrogen-bond acceptors (Lipinski definition) is 3. The zero-order valence-corrected chi connectivity index (χ0v) is 12.1. The van der Waals surface area contributed by atoms with E-state index in [4.69, 9.17) is 16.0 Å². The van der Waals surface area contributed by atoms with Gasteiger partial charge in [-0.2, -0.15) is 0 Å². The van der Waals surface area contributed by atoms with Gasteiger partial charge in [-0.3, -0.25) is 4.79 Å². The topological polar surface area (TPSA) is 45.5 Å². The van der Waals surface area contributed by atoms with Gasteiger partial charge in [0, 0.05) is 12.6 Å². The Labute approximate surface area is 113 Å². The molecular formula is C13H21ClN2O2. The summed E-state index contributed by atoms with van der Waals surface area (Å²) in [6.45, 7) is 5.08. The highest BCUT2D eigenvalue weighted by Crippen LogP contribution is 2.14. The minimum absolute atomic E-state index is 0.108. The monoisotopic (exact) mass is 272 g/mol. The van der Waals surface area contributed by atoms with E-state index in [1.54, 1.807) is 12.1 Å². The number of carbonyl (C=O) groups excluding carboxylic acids is 1. The normalized spacial score (nSPS) is 13.1. The number of carbonyl (C=O) groups is 1. The van der Waals surface area contributed by atoms with Crippen LogP contribution >= 0.6 is 11.6 Å². The van der Waals surface area contributed by atoms with E-state index in [1.165, 1.54) is 0 Å². The van der Waals surface area contributed by atoms with Crippen LogP contribution in [0.1, 0.15) is 30.8 Å². The summed E-state index contributed by atoms with van der Waals surface area (Å²) in [5.74, 6) is 0.567. The lowest BCUT2D eigenvalue weighted by atomic mass is 10.0. The van der Waals surface area contributed by atoms with Crippen molar-refractivity contribution >= 4 is 17.5 Å². The number of amides is 1. The third-order valence-corrected chi connectivity index (χ3v) is 2.68. The van der Waals surface area contributed by atoms with Crippen molar-refractivity contribution in [3.8, 4) is 0 Å². The van der Waals surface area contributed by atoms with Crippen molar-refractivity contribution in [2.75, 3.05) is 20.6 Å². The second-order valence-electron chi connectivity index (χ2n) is 5.17. The lowest BCUT2D eigenvalue weighted by Gasteiger charge is -2.23. The van der Waals surface area contributed by atoms with Gasteiger partial charge in [-0.15, -0.1) is 0 Å². The van der Waals surface area contributed by atoms with Crippen molar-refractivity contribution in [3.05, 3.63) is 23.1 Å². The fourth-order valence-electron chi connectivity index (χ4n) is 1.88. The molecule has 0 fully saturated rings. The van der Waals surface area contributed by atoms with Crippen molar-refractivity contribution in [2.45, 2.75) is 26.3 Å². The van der Waals surface area contributed by atoms with Gasteiger partial charge in [0.1, 0.15) is 0 Å². The van der Waals surface area contributed by atoms with Gasteiger partial charge in [-0.1, -0.05) is 13.8 Å². The molecule has 1 rings (SSSR count). The molecule has 0 bridgehead atoms. The summed E-state index contributed by atoms with van der Waals surface area (Å²) in [5.41, 5.74) is 0.